The van der Waals surface area contributed by atoms with Gasteiger partial charge in [0.05, 0.1) is 11.1 Å². The summed E-state index contributed by atoms with van der Waals surface area (Å²) in [6, 6.07) is 8.25. The molecule has 24 heavy (non-hydrogen) atoms. The van der Waals surface area contributed by atoms with E-state index in [-0.39, 0.29) is 25.0 Å². The molecule has 0 radical (unpaired) electrons. The lowest BCUT2D eigenvalue weighted by molar-refractivity contribution is -0.120. The monoisotopic (exact) mass is 334 g/mol. The molecule has 8 heteroatoms. The number of carbonyl (C=O) groups is 4. The largest absolute Gasteiger partial charge is 0.424 e. The fourth-order valence-electron chi connectivity index (χ4n) is 1.57. The zero-order valence-corrected chi connectivity index (χ0v) is 12.9. The van der Waals surface area contributed by atoms with Crippen molar-refractivity contribution < 1.29 is 28.7 Å². The van der Waals surface area contributed by atoms with Gasteiger partial charge in [-0.05, 0) is 18.6 Å². The highest BCUT2D eigenvalue weighted by atomic mass is 16.7. The van der Waals surface area contributed by atoms with E-state index >= 15 is 0 Å². The van der Waals surface area contributed by atoms with E-state index in [1.165, 1.54) is 0 Å². The van der Waals surface area contributed by atoms with Gasteiger partial charge < -0.3 is 20.5 Å². The SMILES string of the molecule is C=C(C(N)=O)C(=O)CCCNC(=O)OCOC(=O)c1ccccc1. The summed E-state index contributed by atoms with van der Waals surface area (Å²) >= 11 is 0. The van der Waals surface area contributed by atoms with Crippen molar-refractivity contribution in [1.82, 2.24) is 5.32 Å². The molecule has 0 saturated carbocycles. The Morgan fingerprint density at radius 2 is 1.75 bits per heavy atom. The first kappa shape index (κ1) is 18.9. The first-order valence-corrected chi connectivity index (χ1v) is 7.06. The Balaban J connectivity index is 2.14. The molecule has 3 N–H and O–H groups in total. The van der Waals surface area contributed by atoms with Crippen molar-refractivity contribution in [2.24, 2.45) is 5.73 Å². The minimum absolute atomic E-state index is 0.0189. The summed E-state index contributed by atoms with van der Waals surface area (Å²) in [6.07, 6.45) is -0.494. The van der Waals surface area contributed by atoms with Crippen molar-refractivity contribution in [3.8, 4) is 0 Å². The van der Waals surface area contributed by atoms with Crippen molar-refractivity contribution in [2.45, 2.75) is 12.8 Å². The first-order chi connectivity index (χ1) is 11.4. The highest BCUT2D eigenvalue weighted by molar-refractivity contribution is 6.18. The predicted molar refractivity (Wildman–Crippen MR) is 83.8 cm³/mol. The molecule has 0 saturated heterocycles. The third-order valence-corrected chi connectivity index (χ3v) is 2.87. The van der Waals surface area contributed by atoms with E-state index in [0.717, 1.165) is 0 Å². The number of esters is 1. The number of primary amides is 1. The lowest BCUT2D eigenvalue weighted by atomic mass is 10.1. The highest BCUT2D eigenvalue weighted by Crippen LogP contribution is 2.01. The number of carbonyl (C=O) groups excluding carboxylic acids is 4. The van der Waals surface area contributed by atoms with Crippen LogP contribution >= 0.6 is 0 Å². The second-order valence-electron chi connectivity index (χ2n) is 4.64. The molecule has 0 heterocycles. The van der Waals surface area contributed by atoms with Gasteiger partial charge in [-0.1, -0.05) is 24.8 Å². The van der Waals surface area contributed by atoms with Crippen molar-refractivity contribution >= 4 is 23.8 Å². The van der Waals surface area contributed by atoms with Gasteiger partial charge in [-0.15, -0.1) is 0 Å². The lowest BCUT2D eigenvalue weighted by Gasteiger charge is -2.07. The predicted octanol–water partition coefficient (Wildman–Crippen LogP) is 0.918. The fraction of sp³-hybridized carbons (Fsp3) is 0.250. The first-order valence-electron chi connectivity index (χ1n) is 7.06. The second kappa shape index (κ2) is 9.78. The minimum Gasteiger partial charge on any atom is -0.424 e. The Kier molecular flexibility index (Phi) is 7.69. The van der Waals surface area contributed by atoms with E-state index in [9.17, 15) is 19.2 Å². The van der Waals surface area contributed by atoms with Crippen LogP contribution in [-0.4, -0.2) is 37.1 Å². The summed E-state index contributed by atoms with van der Waals surface area (Å²) in [4.78, 5) is 45.0. The molecule has 2 amide bonds. The maximum absolute atomic E-state index is 11.6. The molecule has 0 aliphatic rings. The molecule has 0 aromatic heterocycles. The number of hydrogen-bond donors (Lipinski definition) is 2. The summed E-state index contributed by atoms with van der Waals surface area (Å²) < 4.78 is 9.42. The summed E-state index contributed by atoms with van der Waals surface area (Å²) in [6.45, 7) is 2.88. The Bertz CT molecular complexity index is 627. The zero-order valence-electron chi connectivity index (χ0n) is 12.9. The van der Waals surface area contributed by atoms with Crippen LogP contribution in [0, 0.1) is 0 Å². The Hall–Kier alpha value is -3.16. The van der Waals surface area contributed by atoms with Crippen LogP contribution in [0.5, 0.6) is 0 Å². The van der Waals surface area contributed by atoms with Crippen molar-refractivity contribution in [3.63, 3.8) is 0 Å². The van der Waals surface area contributed by atoms with Crippen molar-refractivity contribution in [1.29, 1.82) is 0 Å². The van der Waals surface area contributed by atoms with E-state index in [0.29, 0.717) is 5.56 Å². The number of nitrogens with two attached hydrogens (primary N) is 1. The summed E-state index contributed by atoms with van der Waals surface area (Å²) in [5.74, 6) is -1.96. The highest BCUT2D eigenvalue weighted by Gasteiger charge is 2.12. The number of hydrogen-bond acceptors (Lipinski definition) is 6. The second-order valence-corrected chi connectivity index (χ2v) is 4.64. The van der Waals surface area contributed by atoms with Gasteiger partial charge >= 0.3 is 12.1 Å². The third kappa shape index (κ3) is 6.73. The van der Waals surface area contributed by atoms with Crippen LogP contribution < -0.4 is 11.1 Å². The number of amides is 2. The molecule has 1 aromatic rings. The molecule has 0 aliphatic carbocycles. The van der Waals surface area contributed by atoms with Gasteiger partial charge in [-0.3, -0.25) is 9.59 Å². The number of Topliss-reactive ketones (excluding diaryl/α,β-unsaturated/α-hetero) is 1. The molecule has 0 aliphatic heterocycles. The maximum Gasteiger partial charge on any atom is 0.410 e. The van der Waals surface area contributed by atoms with Crippen LogP contribution in [0.1, 0.15) is 23.2 Å². The topological polar surface area (TPSA) is 125 Å². The summed E-state index contributed by atoms with van der Waals surface area (Å²) in [5.41, 5.74) is 4.99. The van der Waals surface area contributed by atoms with Crippen LogP contribution in [0.2, 0.25) is 0 Å². The number of ether oxygens (including phenoxy) is 2. The maximum atomic E-state index is 11.6. The average molecular weight is 334 g/mol. The molecule has 0 spiro atoms. The van der Waals surface area contributed by atoms with Crippen LogP contribution in [0.3, 0.4) is 0 Å². The van der Waals surface area contributed by atoms with E-state index in [4.69, 9.17) is 10.5 Å². The summed E-state index contributed by atoms with van der Waals surface area (Å²) in [5, 5.41) is 2.37. The Labute approximate surface area is 138 Å². The number of nitrogens with one attached hydrogen (secondary N) is 1. The molecule has 1 rings (SSSR count). The van der Waals surface area contributed by atoms with Gasteiger partial charge in [0.15, 0.2) is 5.78 Å². The molecule has 128 valence electrons. The standard InChI is InChI=1S/C16H18N2O6/c1-11(14(17)20)13(19)8-5-9-18-16(22)24-10-23-15(21)12-6-3-2-4-7-12/h2-4,6-7H,1,5,8-10H2,(H2,17,20)(H,18,22). The van der Waals surface area contributed by atoms with E-state index in [2.05, 4.69) is 16.6 Å². The van der Waals surface area contributed by atoms with Crippen LogP contribution in [-0.2, 0) is 19.1 Å². The molecular weight excluding hydrogens is 316 g/mol. The lowest BCUT2D eigenvalue weighted by Crippen LogP contribution is -2.27. The quantitative estimate of drug-likeness (QED) is 0.173. The molecule has 8 nitrogen and oxygen atoms in total. The molecule has 1 aromatic carbocycles. The molecular formula is C16H18N2O6. The van der Waals surface area contributed by atoms with Gasteiger partial charge in [-0.25, -0.2) is 9.59 Å². The summed E-state index contributed by atoms with van der Waals surface area (Å²) in [7, 11) is 0. The van der Waals surface area contributed by atoms with Crippen molar-refractivity contribution in [2.75, 3.05) is 13.3 Å². The van der Waals surface area contributed by atoms with Crippen LogP contribution in [0.25, 0.3) is 0 Å². The van der Waals surface area contributed by atoms with Gasteiger partial charge in [0.1, 0.15) is 0 Å². The van der Waals surface area contributed by atoms with Gasteiger partial charge in [0.2, 0.25) is 6.79 Å². The van der Waals surface area contributed by atoms with E-state index in [1.54, 1.807) is 30.3 Å². The third-order valence-electron chi connectivity index (χ3n) is 2.87. The molecule has 0 bridgehead atoms. The van der Waals surface area contributed by atoms with Crippen LogP contribution in [0.15, 0.2) is 42.5 Å². The number of benzene rings is 1. The number of alkyl carbamates (subject to hydrolysis) is 1. The van der Waals surface area contributed by atoms with Gasteiger partial charge in [0.25, 0.3) is 5.91 Å². The average Bonchev–Trinajstić information content (AvgIpc) is 2.58. The van der Waals surface area contributed by atoms with Gasteiger partial charge in [0, 0.05) is 13.0 Å². The molecule has 0 fully saturated rings. The number of rotatable bonds is 9. The fourth-order valence-corrected chi connectivity index (χ4v) is 1.57. The van der Waals surface area contributed by atoms with E-state index < -0.39 is 30.5 Å². The Morgan fingerprint density at radius 1 is 1.08 bits per heavy atom. The molecule has 0 unspecified atom stereocenters. The smallest absolute Gasteiger partial charge is 0.410 e. The zero-order chi connectivity index (χ0) is 17.9. The molecule has 0 atom stereocenters. The van der Waals surface area contributed by atoms with E-state index in [1.807, 2.05) is 0 Å². The normalized spacial score (nSPS) is 9.67. The minimum atomic E-state index is -0.868. The number of ketones is 1. The van der Waals surface area contributed by atoms with Crippen LogP contribution in [0.4, 0.5) is 4.79 Å². The van der Waals surface area contributed by atoms with Gasteiger partial charge in [-0.2, -0.15) is 0 Å². The van der Waals surface area contributed by atoms with Crippen molar-refractivity contribution in [3.05, 3.63) is 48.0 Å². The Morgan fingerprint density at radius 3 is 2.38 bits per heavy atom.